The molecule has 1 amide bonds. The van der Waals surface area contributed by atoms with E-state index in [2.05, 4.69) is 16.3 Å². The van der Waals surface area contributed by atoms with E-state index in [0.717, 1.165) is 39.7 Å². The number of hydrogen-bond donors (Lipinski definition) is 1. The van der Waals surface area contributed by atoms with E-state index in [0.29, 0.717) is 6.54 Å². The van der Waals surface area contributed by atoms with Crippen LogP contribution >= 0.6 is 11.3 Å². The monoisotopic (exact) mass is 414 g/mol. The summed E-state index contributed by atoms with van der Waals surface area (Å²) < 4.78 is 5.55. The highest BCUT2D eigenvalue weighted by Gasteiger charge is 2.26. The molecule has 1 fully saturated rings. The largest absolute Gasteiger partial charge is 0.496 e. The van der Waals surface area contributed by atoms with E-state index >= 15 is 0 Å². The van der Waals surface area contributed by atoms with Gasteiger partial charge in [0, 0.05) is 40.3 Å². The lowest BCUT2D eigenvalue weighted by molar-refractivity contribution is -0.121. The molecule has 0 saturated carbocycles. The Morgan fingerprint density at radius 1 is 1.17 bits per heavy atom. The lowest BCUT2D eigenvalue weighted by Crippen LogP contribution is -2.37. The quantitative estimate of drug-likeness (QED) is 0.622. The van der Waals surface area contributed by atoms with Crippen LogP contribution in [0.4, 0.5) is 0 Å². The Bertz CT molecular complexity index is 856. The lowest BCUT2D eigenvalue weighted by atomic mass is 10.0. The molecule has 1 atom stereocenters. The third-order valence-corrected chi connectivity index (χ3v) is 6.46. The highest BCUT2D eigenvalue weighted by atomic mass is 32.1. The first-order valence-corrected chi connectivity index (χ1v) is 11.0. The van der Waals surface area contributed by atoms with Crippen LogP contribution in [0.25, 0.3) is 0 Å². The molecule has 1 N–H and O–H groups in total. The van der Waals surface area contributed by atoms with Crippen molar-refractivity contribution in [3.05, 3.63) is 51.2 Å². The molecule has 2 aromatic rings. The first-order chi connectivity index (χ1) is 14.0. The second-order valence-corrected chi connectivity index (χ2v) is 9.02. The topological polar surface area (TPSA) is 58.6 Å². The number of methoxy groups -OCH3 is 1. The summed E-state index contributed by atoms with van der Waals surface area (Å²) in [5.74, 6) is 0.807. The molecular formula is C23H30N2O3S. The molecule has 6 heteroatoms. The van der Waals surface area contributed by atoms with Crippen molar-refractivity contribution in [1.82, 2.24) is 10.2 Å². The van der Waals surface area contributed by atoms with Gasteiger partial charge in [-0.25, -0.2) is 0 Å². The number of nitrogens with zero attached hydrogens (tertiary/aromatic N) is 1. The van der Waals surface area contributed by atoms with Crippen molar-refractivity contribution in [3.8, 4) is 5.75 Å². The third kappa shape index (κ3) is 5.46. The van der Waals surface area contributed by atoms with Gasteiger partial charge in [-0.15, -0.1) is 11.3 Å². The lowest BCUT2D eigenvalue weighted by Gasteiger charge is -2.29. The number of likely N-dealkylation sites (tertiary alicyclic amines) is 1. The Morgan fingerprint density at radius 2 is 1.90 bits per heavy atom. The molecule has 3 rings (SSSR count). The van der Waals surface area contributed by atoms with Crippen LogP contribution in [0.2, 0.25) is 0 Å². The van der Waals surface area contributed by atoms with Crippen molar-refractivity contribution in [3.63, 3.8) is 0 Å². The second-order valence-electron chi connectivity index (χ2n) is 7.55. The molecule has 0 bridgehead atoms. The SMILES string of the molecule is COc1ccccc1C(CNC(=O)CCC(=O)c1cc(C)sc1C)N1CCCC1. The number of carbonyl (C=O) groups excluding carboxylic acids is 2. The van der Waals surface area contributed by atoms with Gasteiger partial charge < -0.3 is 10.1 Å². The first-order valence-electron chi connectivity index (χ1n) is 10.2. The number of Topliss-reactive ketones (excluding diaryl/α,β-unsaturated/α-hetero) is 1. The number of thiophene rings is 1. The summed E-state index contributed by atoms with van der Waals surface area (Å²) in [6, 6.07) is 10.00. The minimum Gasteiger partial charge on any atom is -0.496 e. The van der Waals surface area contributed by atoms with E-state index in [-0.39, 0.29) is 30.6 Å². The molecular weight excluding hydrogens is 384 g/mol. The molecule has 0 radical (unpaired) electrons. The highest BCUT2D eigenvalue weighted by Crippen LogP contribution is 2.31. The Kier molecular flexibility index (Phi) is 7.45. The number of ether oxygens (including phenoxy) is 1. The van der Waals surface area contributed by atoms with Gasteiger partial charge in [-0.1, -0.05) is 18.2 Å². The molecule has 1 unspecified atom stereocenters. The smallest absolute Gasteiger partial charge is 0.220 e. The molecule has 1 saturated heterocycles. The van der Waals surface area contributed by atoms with E-state index in [4.69, 9.17) is 4.74 Å². The Morgan fingerprint density at radius 3 is 2.55 bits per heavy atom. The normalized spacial score (nSPS) is 15.3. The number of para-hydroxylation sites is 1. The summed E-state index contributed by atoms with van der Waals surface area (Å²) in [6.07, 6.45) is 2.80. The van der Waals surface area contributed by atoms with E-state index in [9.17, 15) is 9.59 Å². The second kappa shape index (κ2) is 10.0. The minimum absolute atomic E-state index is 0.0443. The number of ketones is 1. The fourth-order valence-electron chi connectivity index (χ4n) is 4.00. The van der Waals surface area contributed by atoms with Gasteiger partial charge in [-0.3, -0.25) is 14.5 Å². The van der Waals surface area contributed by atoms with E-state index in [1.807, 2.05) is 38.1 Å². The summed E-state index contributed by atoms with van der Waals surface area (Å²) in [7, 11) is 1.68. The van der Waals surface area contributed by atoms with Crippen LogP contribution in [0.5, 0.6) is 5.75 Å². The predicted octanol–water partition coefficient (Wildman–Crippen LogP) is 4.29. The van der Waals surface area contributed by atoms with Crippen LogP contribution in [0.15, 0.2) is 30.3 Å². The molecule has 0 spiro atoms. The van der Waals surface area contributed by atoms with Crippen LogP contribution in [0.3, 0.4) is 0 Å². The van der Waals surface area contributed by atoms with E-state index in [1.165, 1.54) is 12.8 Å². The predicted molar refractivity (Wildman–Crippen MR) is 117 cm³/mol. The number of hydrogen-bond acceptors (Lipinski definition) is 5. The van der Waals surface area contributed by atoms with Crippen molar-refractivity contribution >= 4 is 23.0 Å². The van der Waals surface area contributed by atoms with E-state index < -0.39 is 0 Å². The Labute approximate surface area is 177 Å². The van der Waals surface area contributed by atoms with Crippen LogP contribution in [-0.2, 0) is 4.79 Å². The van der Waals surface area contributed by atoms with Crippen LogP contribution in [0, 0.1) is 13.8 Å². The van der Waals surface area contributed by atoms with Crippen molar-refractivity contribution < 1.29 is 14.3 Å². The number of nitrogens with one attached hydrogen (secondary N) is 1. The van der Waals surface area contributed by atoms with Crippen molar-refractivity contribution in [2.24, 2.45) is 0 Å². The molecule has 1 aliphatic rings. The Hall–Kier alpha value is -2.18. The zero-order valence-corrected chi connectivity index (χ0v) is 18.3. The fourth-order valence-corrected chi connectivity index (χ4v) is 4.94. The van der Waals surface area contributed by atoms with Gasteiger partial charge in [0.05, 0.1) is 13.2 Å². The zero-order valence-electron chi connectivity index (χ0n) is 17.5. The minimum atomic E-state index is -0.0814. The first kappa shape index (κ1) is 21.5. The maximum atomic E-state index is 12.5. The van der Waals surface area contributed by atoms with E-state index in [1.54, 1.807) is 18.4 Å². The van der Waals surface area contributed by atoms with Crippen molar-refractivity contribution in [2.75, 3.05) is 26.7 Å². The summed E-state index contributed by atoms with van der Waals surface area (Å²) in [5.41, 5.74) is 1.85. The molecule has 0 aliphatic carbocycles. The number of carbonyl (C=O) groups is 2. The average Bonchev–Trinajstić information content (AvgIpc) is 3.36. The Balaban J connectivity index is 1.59. The van der Waals surface area contributed by atoms with Crippen LogP contribution < -0.4 is 10.1 Å². The average molecular weight is 415 g/mol. The standard InChI is InChI=1S/C23H30N2O3S/c1-16-14-19(17(2)29-16)21(26)10-11-23(27)24-15-20(25-12-6-7-13-25)18-8-4-5-9-22(18)28-3/h4-5,8-9,14,20H,6-7,10-13,15H2,1-3H3,(H,24,27). The maximum Gasteiger partial charge on any atom is 0.220 e. The van der Waals surface area contributed by atoms with Gasteiger partial charge in [0.2, 0.25) is 5.91 Å². The van der Waals surface area contributed by atoms with Crippen LogP contribution in [0.1, 0.15) is 57.4 Å². The highest BCUT2D eigenvalue weighted by molar-refractivity contribution is 7.12. The molecule has 29 heavy (non-hydrogen) atoms. The summed E-state index contributed by atoms with van der Waals surface area (Å²) in [5, 5.41) is 3.05. The molecule has 1 aromatic carbocycles. The van der Waals surface area contributed by atoms with Crippen LogP contribution in [-0.4, -0.2) is 43.3 Å². The van der Waals surface area contributed by atoms with Crippen molar-refractivity contribution in [1.29, 1.82) is 0 Å². The molecule has 5 nitrogen and oxygen atoms in total. The van der Waals surface area contributed by atoms with Gasteiger partial charge in [0.15, 0.2) is 5.78 Å². The van der Waals surface area contributed by atoms with Gasteiger partial charge in [-0.2, -0.15) is 0 Å². The van der Waals surface area contributed by atoms with Gasteiger partial charge in [0.25, 0.3) is 0 Å². The third-order valence-electron chi connectivity index (χ3n) is 5.49. The number of amides is 1. The maximum absolute atomic E-state index is 12.5. The van der Waals surface area contributed by atoms with Gasteiger partial charge in [0.1, 0.15) is 5.75 Å². The molecule has 2 heterocycles. The number of aryl methyl sites for hydroxylation is 2. The molecule has 1 aromatic heterocycles. The summed E-state index contributed by atoms with van der Waals surface area (Å²) in [4.78, 5) is 29.5. The van der Waals surface area contributed by atoms with Gasteiger partial charge >= 0.3 is 0 Å². The number of rotatable bonds is 9. The summed E-state index contributed by atoms with van der Waals surface area (Å²) >= 11 is 1.62. The zero-order chi connectivity index (χ0) is 20.8. The van der Waals surface area contributed by atoms with Gasteiger partial charge in [-0.05, 0) is 51.9 Å². The summed E-state index contributed by atoms with van der Waals surface area (Å²) in [6.45, 7) is 6.52. The molecule has 156 valence electrons. The van der Waals surface area contributed by atoms with Crippen molar-refractivity contribution in [2.45, 2.75) is 45.6 Å². The number of benzene rings is 1. The molecule has 1 aliphatic heterocycles. The fraction of sp³-hybridized carbons (Fsp3) is 0.478.